The van der Waals surface area contributed by atoms with Crippen molar-refractivity contribution in [3.8, 4) is 5.75 Å². The van der Waals surface area contributed by atoms with E-state index in [1.165, 1.54) is 24.8 Å². The fraction of sp³-hybridized carbons (Fsp3) is 0.682. The predicted molar refractivity (Wildman–Crippen MR) is 127 cm³/mol. The molecular weight excluding hydrogens is 481 g/mol. The van der Waals surface area contributed by atoms with Gasteiger partial charge in [-0.25, -0.2) is 0 Å². The van der Waals surface area contributed by atoms with Crippen molar-refractivity contribution in [2.75, 3.05) is 34.0 Å². The molecule has 2 fully saturated rings. The molecule has 2 unspecified atom stereocenters. The molecule has 0 amide bonds. The number of halogens is 1. The lowest BCUT2D eigenvalue weighted by Crippen LogP contribution is -2.68. The first-order valence-electron chi connectivity index (χ1n) is 10.4. The van der Waals surface area contributed by atoms with Gasteiger partial charge in [-0.05, 0) is 44.7 Å². The van der Waals surface area contributed by atoms with E-state index < -0.39 is 0 Å². The second kappa shape index (κ2) is 11.4. The molecule has 0 aromatic heterocycles. The summed E-state index contributed by atoms with van der Waals surface area (Å²) in [6, 6.07) is 6.74. The molecule has 0 bridgehead atoms. The summed E-state index contributed by atoms with van der Waals surface area (Å²) in [6.45, 7) is 6.74. The molecule has 6 nitrogen and oxygen atoms in total. The van der Waals surface area contributed by atoms with E-state index >= 15 is 0 Å². The summed E-state index contributed by atoms with van der Waals surface area (Å²) in [5.41, 5.74) is 2.61. The third-order valence-electron chi connectivity index (χ3n) is 6.19. The summed E-state index contributed by atoms with van der Waals surface area (Å²) in [5, 5.41) is 7.09. The van der Waals surface area contributed by atoms with Crippen molar-refractivity contribution in [1.29, 1.82) is 0 Å². The van der Waals surface area contributed by atoms with Crippen LogP contribution in [0.25, 0.3) is 0 Å². The topological polar surface area (TPSA) is 64.1 Å². The Morgan fingerprint density at radius 3 is 2.69 bits per heavy atom. The lowest BCUT2D eigenvalue weighted by molar-refractivity contribution is -0.168. The Morgan fingerprint density at radius 2 is 2.07 bits per heavy atom. The maximum Gasteiger partial charge on any atom is 0.191 e. The first-order chi connectivity index (χ1) is 13.6. The molecule has 0 heterocycles. The highest BCUT2D eigenvalue weighted by Crippen LogP contribution is 2.57. The molecule has 2 N–H and O–H groups in total. The number of guanidine groups is 1. The van der Waals surface area contributed by atoms with E-state index in [-0.39, 0.29) is 24.0 Å². The first kappa shape index (κ1) is 24.2. The van der Waals surface area contributed by atoms with Gasteiger partial charge in [0.15, 0.2) is 5.96 Å². The highest BCUT2D eigenvalue weighted by atomic mass is 127. The molecule has 1 spiro atoms. The van der Waals surface area contributed by atoms with Crippen LogP contribution in [-0.4, -0.2) is 52.1 Å². The Hall–Kier alpha value is -1.06. The van der Waals surface area contributed by atoms with Gasteiger partial charge in [0.05, 0.1) is 12.7 Å². The average Bonchev–Trinajstić information content (AvgIpc) is 2.63. The standard InChI is InChI=1S/C22H35N3O3.HI/c1-5-27-20-14-19(22(20)9-6-10-22)25-21(23-3)24-15-17-8-7-16(2)13-18(17)28-12-11-26-4;/h7-8,13,19-20H,5-6,9-12,14-15H2,1-4H3,(H2,23,24,25);1H. The van der Waals surface area contributed by atoms with E-state index in [9.17, 15) is 0 Å². The van der Waals surface area contributed by atoms with Crippen LogP contribution in [0.1, 0.15) is 43.7 Å². The van der Waals surface area contributed by atoms with Crippen LogP contribution in [0.15, 0.2) is 23.2 Å². The zero-order valence-electron chi connectivity index (χ0n) is 18.1. The molecule has 0 radical (unpaired) electrons. The normalized spacial score (nSPS) is 22.3. The molecule has 29 heavy (non-hydrogen) atoms. The van der Waals surface area contributed by atoms with Crippen LogP contribution in [0.5, 0.6) is 5.75 Å². The minimum Gasteiger partial charge on any atom is -0.491 e. The lowest BCUT2D eigenvalue weighted by atomic mass is 9.51. The van der Waals surface area contributed by atoms with Crippen molar-refractivity contribution in [3.63, 3.8) is 0 Å². The number of aliphatic imine (C=N–C) groups is 1. The molecule has 0 saturated heterocycles. The molecule has 0 aliphatic heterocycles. The van der Waals surface area contributed by atoms with Crippen molar-refractivity contribution >= 4 is 29.9 Å². The maximum absolute atomic E-state index is 5.96. The number of methoxy groups -OCH3 is 1. The summed E-state index contributed by atoms with van der Waals surface area (Å²) in [7, 11) is 3.51. The van der Waals surface area contributed by atoms with Gasteiger partial charge >= 0.3 is 0 Å². The van der Waals surface area contributed by atoms with Gasteiger partial charge in [0.1, 0.15) is 12.4 Å². The first-order valence-corrected chi connectivity index (χ1v) is 10.4. The third-order valence-corrected chi connectivity index (χ3v) is 6.19. The third kappa shape index (κ3) is 5.55. The van der Waals surface area contributed by atoms with Crippen molar-refractivity contribution < 1.29 is 14.2 Å². The second-order valence-electron chi connectivity index (χ2n) is 7.84. The number of aryl methyl sites for hydroxylation is 1. The summed E-state index contributed by atoms with van der Waals surface area (Å²) < 4.78 is 16.9. The number of nitrogens with one attached hydrogen (secondary N) is 2. The minimum atomic E-state index is 0. The van der Waals surface area contributed by atoms with Crippen LogP contribution in [0, 0.1) is 12.3 Å². The maximum atomic E-state index is 5.96. The largest absolute Gasteiger partial charge is 0.491 e. The van der Waals surface area contributed by atoms with Gasteiger partial charge in [-0.15, -0.1) is 24.0 Å². The lowest BCUT2D eigenvalue weighted by Gasteiger charge is -2.61. The molecule has 2 aliphatic carbocycles. The Kier molecular flexibility index (Phi) is 9.49. The van der Waals surface area contributed by atoms with E-state index in [0.717, 1.165) is 30.3 Å². The van der Waals surface area contributed by atoms with Crippen molar-refractivity contribution in [2.45, 2.75) is 58.2 Å². The summed E-state index contributed by atoms with van der Waals surface area (Å²) >= 11 is 0. The van der Waals surface area contributed by atoms with E-state index in [1.54, 1.807) is 7.11 Å². The van der Waals surface area contributed by atoms with Gasteiger partial charge in [-0.2, -0.15) is 0 Å². The van der Waals surface area contributed by atoms with E-state index in [4.69, 9.17) is 14.2 Å². The smallest absolute Gasteiger partial charge is 0.191 e. The summed E-state index contributed by atoms with van der Waals surface area (Å²) in [6.07, 6.45) is 5.27. The number of benzene rings is 1. The average molecular weight is 517 g/mol. The molecule has 2 atom stereocenters. The Labute approximate surface area is 192 Å². The van der Waals surface area contributed by atoms with Gasteiger partial charge in [0.2, 0.25) is 0 Å². The van der Waals surface area contributed by atoms with Crippen molar-refractivity contribution in [2.24, 2.45) is 10.4 Å². The number of hydrogen-bond donors (Lipinski definition) is 2. The zero-order valence-corrected chi connectivity index (χ0v) is 20.5. The Bertz CT molecular complexity index is 679. The zero-order chi connectivity index (χ0) is 20.0. The predicted octanol–water partition coefficient (Wildman–Crippen LogP) is 3.65. The highest BCUT2D eigenvalue weighted by molar-refractivity contribution is 14.0. The number of rotatable bonds is 9. The van der Waals surface area contributed by atoms with Gasteiger partial charge in [-0.3, -0.25) is 4.99 Å². The van der Waals surface area contributed by atoms with E-state index in [0.29, 0.717) is 37.3 Å². The van der Waals surface area contributed by atoms with Crippen molar-refractivity contribution in [3.05, 3.63) is 29.3 Å². The molecule has 164 valence electrons. The van der Waals surface area contributed by atoms with E-state index in [2.05, 4.69) is 47.7 Å². The van der Waals surface area contributed by atoms with E-state index in [1.807, 2.05) is 7.05 Å². The van der Waals surface area contributed by atoms with Gasteiger partial charge in [0.25, 0.3) is 0 Å². The quantitative estimate of drug-likeness (QED) is 0.227. The fourth-order valence-electron chi connectivity index (χ4n) is 4.36. The van der Waals surface area contributed by atoms with Crippen LogP contribution < -0.4 is 15.4 Å². The van der Waals surface area contributed by atoms with Crippen LogP contribution in [-0.2, 0) is 16.0 Å². The minimum absolute atomic E-state index is 0. The van der Waals surface area contributed by atoms with Gasteiger partial charge < -0.3 is 24.8 Å². The summed E-state index contributed by atoms with van der Waals surface area (Å²) in [5.74, 6) is 1.74. The van der Waals surface area contributed by atoms with Gasteiger partial charge in [0, 0.05) is 44.3 Å². The van der Waals surface area contributed by atoms with Crippen molar-refractivity contribution in [1.82, 2.24) is 10.6 Å². The number of ether oxygens (including phenoxy) is 3. The Morgan fingerprint density at radius 1 is 1.28 bits per heavy atom. The van der Waals surface area contributed by atoms with Crippen LogP contribution in [0.4, 0.5) is 0 Å². The number of hydrogen-bond acceptors (Lipinski definition) is 4. The summed E-state index contributed by atoms with van der Waals surface area (Å²) in [4.78, 5) is 4.44. The van der Waals surface area contributed by atoms with Crippen LogP contribution in [0.2, 0.25) is 0 Å². The van der Waals surface area contributed by atoms with Gasteiger partial charge in [-0.1, -0.05) is 18.6 Å². The number of nitrogens with zero attached hydrogens (tertiary/aromatic N) is 1. The monoisotopic (exact) mass is 517 g/mol. The van der Waals surface area contributed by atoms with Crippen LogP contribution in [0.3, 0.4) is 0 Å². The fourth-order valence-corrected chi connectivity index (χ4v) is 4.36. The second-order valence-corrected chi connectivity index (χ2v) is 7.84. The Balaban J connectivity index is 0.00000300. The SMILES string of the molecule is CCOC1CC(NC(=NC)NCc2ccc(C)cc2OCCOC)C12CCC2.I. The van der Waals surface area contributed by atoms with Crippen LogP contribution >= 0.6 is 24.0 Å². The molecule has 1 aromatic rings. The molecule has 1 aromatic carbocycles. The highest BCUT2D eigenvalue weighted by Gasteiger charge is 2.59. The molecule has 7 heteroatoms. The molecule has 3 rings (SSSR count). The molecule has 2 saturated carbocycles. The molecular formula is C22H36IN3O3. The molecule has 2 aliphatic rings.